The number of hydrogen-bond donors (Lipinski definition) is 2. The largest absolute Gasteiger partial charge is 0.356 e. The van der Waals surface area contributed by atoms with Crippen LogP contribution in [0.5, 0.6) is 0 Å². The number of amides is 1. The van der Waals surface area contributed by atoms with E-state index in [4.69, 9.17) is 0 Å². The third-order valence-electron chi connectivity index (χ3n) is 3.43. The van der Waals surface area contributed by atoms with Crippen molar-refractivity contribution >= 4 is 5.91 Å². The number of hydrogen-bond acceptors (Lipinski definition) is 3. The van der Waals surface area contributed by atoms with Crippen LogP contribution < -0.4 is 10.6 Å². The summed E-state index contributed by atoms with van der Waals surface area (Å²) < 4.78 is 0. The zero-order valence-electron chi connectivity index (χ0n) is 12.4. The lowest BCUT2D eigenvalue weighted by Gasteiger charge is -2.33. The minimum absolute atomic E-state index is 0.0896. The van der Waals surface area contributed by atoms with E-state index in [1.807, 2.05) is 0 Å². The Balaban J connectivity index is 2.10. The molecule has 18 heavy (non-hydrogen) atoms. The Morgan fingerprint density at radius 2 is 1.89 bits per heavy atom. The highest BCUT2D eigenvalue weighted by Crippen LogP contribution is 2.15. The molecule has 1 rings (SSSR count). The van der Waals surface area contributed by atoms with E-state index in [-0.39, 0.29) is 11.4 Å². The van der Waals surface area contributed by atoms with Crippen LogP contribution in [0.15, 0.2) is 0 Å². The van der Waals surface area contributed by atoms with E-state index < -0.39 is 0 Å². The van der Waals surface area contributed by atoms with Crippen LogP contribution >= 0.6 is 0 Å². The molecule has 0 bridgehead atoms. The summed E-state index contributed by atoms with van der Waals surface area (Å²) in [6.45, 7) is 13.6. The molecule has 106 valence electrons. The molecular formula is C14H29N3O. The average Bonchev–Trinajstić information content (AvgIpc) is 2.26. The fraction of sp³-hybridized carbons (Fsp3) is 0.929. The van der Waals surface area contributed by atoms with E-state index in [0.717, 1.165) is 32.7 Å². The molecule has 1 aliphatic heterocycles. The van der Waals surface area contributed by atoms with Crippen molar-refractivity contribution in [2.24, 2.45) is 5.92 Å². The molecule has 1 fully saturated rings. The van der Waals surface area contributed by atoms with Crippen LogP contribution in [0.2, 0.25) is 0 Å². The molecule has 0 aromatic rings. The van der Waals surface area contributed by atoms with Gasteiger partial charge in [0.1, 0.15) is 0 Å². The van der Waals surface area contributed by atoms with E-state index in [9.17, 15) is 4.79 Å². The summed E-state index contributed by atoms with van der Waals surface area (Å²) in [6, 6.07) is 0. The molecule has 0 saturated carbocycles. The van der Waals surface area contributed by atoms with E-state index in [1.54, 1.807) is 6.92 Å². The van der Waals surface area contributed by atoms with Gasteiger partial charge in [0.25, 0.3) is 0 Å². The maximum absolute atomic E-state index is 10.9. The van der Waals surface area contributed by atoms with Crippen molar-refractivity contribution in [2.45, 2.75) is 46.1 Å². The topological polar surface area (TPSA) is 44.4 Å². The van der Waals surface area contributed by atoms with Crippen LogP contribution in [0.3, 0.4) is 0 Å². The van der Waals surface area contributed by atoms with Crippen LogP contribution in [0.1, 0.15) is 40.5 Å². The van der Waals surface area contributed by atoms with Gasteiger partial charge in [0.15, 0.2) is 0 Å². The standard InChI is InChI=1S/C14H29N3O/c1-12(18)15-11-13-5-8-17(9-6-13)10-7-16-14(2,3)4/h13,16H,5-11H2,1-4H3,(H,15,18). The van der Waals surface area contributed by atoms with Gasteiger partial charge in [-0.25, -0.2) is 0 Å². The number of carbonyl (C=O) groups is 1. The quantitative estimate of drug-likeness (QED) is 0.776. The van der Waals surface area contributed by atoms with E-state index >= 15 is 0 Å². The minimum Gasteiger partial charge on any atom is -0.356 e. The van der Waals surface area contributed by atoms with Gasteiger partial charge in [-0.3, -0.25) is 4.79 Å². The second kappa shape index (κ2) is 7.10. The summed E-state index contributed by atoms with van der Waals surface area (Å²) in [5.74, 6) is 0.757. The normalized spacial score (nSPS) is 18.9. The maximum atomic E-state index is 10.9. The molecule has 1 saturated heterocycles. The van der Waals surface area contributed by atoms with Crippen LogP contribution in [0.25, 0.3) is 0 Å². The average molecular weight is 255 g/mol. The second-order valence-electron chi connectivity index (χ2n) is 6.40. The van der Waals surface area contributed by atoms with Crippen LogP contribution in [-0.4, -0.2) is 49.1 Å². The summed E-state index contributed by atoms with van der Waals surface area (Å²) in [5.41, 5.74) is 0.212. The molecule has 4 heteroatoms. The molecule has 0 aromatic heterocycles. The first-order valence-electron chi connectivity index (χ1n) is 7.08. The van der Waals surface area contributed by atoms with Gasteiger partial charge < -0.3 is 15.5 Å². The third-order valence-corrected chi connectivity index (χ3v) is 3.43. The predicted octanol–water partition coefficient (Wildman–Crippen LogP) is 1.22. The molecule has 0 aromatic carbocycles. The van der Waals surface area contributed by atoms with Crippen LogP contribution in [-0.2, 0) is 4.79 Å². The fourth-order valence-corrected chi connectivity index (χ4v) is 2.29. The summed E-state index contributed by atoms with van der Waals surface area (Å²) in [5, 5.41) is 6.45. The molecule has 4 nitrogen and oxygen atoms in total. The Labute approximate surface area is 111 Å². The third kappa shape index (κ3) is 6.97. The zero-order valence-corrected chi connectivity index (χ0v) is 12.4. The van der Waals surface area contributed by atoms with Crippen molar-refractivity contribution in [1.29, 1.82) is 0 Å². The zero-order chi connectivity index (χ0) is 13.6. The Morgan fingerprint density at radius 3 is 2.39 bits per heavy atom. The first-order valence-corrected chi connectivity index (χ1v) is 7.08. The first-order chi connectivity index (χ1) is 8.37. The molecule has 1 amide bonds. The molecule has 0 spiro atoms. The first kappa shape index (κ1) is 15.4. The van der Waals surface area contributed by atoms with Gasteiger partial charge in [0.2, 0.25) is 5.91 Å². The SMILES string of the molecule is CC(=O)NCC1CCN(CCNC(C)(C)C)CC1. The van der Waals surface area contributed by atoms with Gasteiger partial charge in [-0.1, -0.05) is 0 Å². The second-order valence-corrected chi connectivity index (χ2v) is 6.40. The summed E-state index contributed by atoms with van der Waals surface area (Å²) >= 11 is 0. The van der Waals surface area contributed by atoms with Gasteiger partial charge in [-0.05, 0) is 52.6 Å². The van der Waals surface area contributed by atoms with Crippen molar-refractivity contribution < 1.29 is 4.79 Å². The highest BCUT2D eigenvalue weighted by Gasteiger charge is 2.19. The van der Waals surface area contributed by atoms with E-state index in [0.29, 0.717) is 5.92 Å². The fourth-order valence-electron chi connectivity index (χ4n) is 2.29. The van der Waals surface area contributed by atoms with Gasteiger partial charge in [0.05, 0.1) is 0 Å². The van der Waals surface area contributed by atoms with Gasteiger partial charge in [-0.2, -0.15) is 0 Å². The lowest BCUT2D eigenvalue weighted by atomic mass is 9.97. The molecule has 0 radical (unpaired) electrons. The maximum Gasteiger partial charge on any atom is 0.216 e. The molecule has 1 aliphatic rings. The summed E-state index contributed by atoms with van der Waals surface area (Å²) in [4.78, 5) is 13.4. The summed E-state index contributed by atoms with van der Waals surface area (Å²) in [7, 11) is 0. The van der Waals surface area contributed by atoms with E-state index in [2.05, 4.69) is 36.3 Å². The highest BCUT2D eigenvalue weighted by atomic mass is 16.1. The predicted molar refractivity (Wildman–Crippen MR) is 75.6 cm³/mol. The number of carbonyl (C=O) groups excluding carboxylic acids is 1. The molecule has 0 aliphatic carbocycles. The Bertz CT molecular complexity index is 252. The van der Waals surface area contributed by atoms with E-state index in [1.165, 1.54) is 12.8 Å². The van der Waals surface area contributed by atoms with Gasteiger partial charge >= 0.3 is 0 Å². The minimum atomic E-state index is 0.0896. The van der Waals surface area contributed by atoms with Crippen LogP contribution in [0, 0.1) is 5.92 Å². The monoisotopic (exact) mass is 255 g/mol. The molecule has 1 heterocycles. The molecule has 0 unspecified atom stereocenters. The van der Waals surface area contributed by atoms with Crippen molar-refractivity contribution in [1.82, 2.24) is 15.5 Å². The lowest BCUT2D eigenvalue weighted by molar-refractivity contribution is -0.119. The number of rotatable bonds is 5. The Kier molecular flexibility index (Phi) is 6.09. The van der Waals surface area contributed by atoms with Crippen molar-refractivity contribution in [3.63, 3.8) is 0 Å². The number of nitrogens with zero attached hydrogens (tertiary/aromatic N) is 1. The van der Waals surface area contributed by atoms with Crippen molar-refractivity contribution in [3.8, 4) is 0 Å². The van der Waals surface area contributed by atoms with Crippen molar-refractivity contribution in [2.75, 3.05) is 32.7 Å². The highest BCUT2D eigenvalue weighted by molar-refractivity contribution is 5.72. The van der Waals surface area contributed by atoms with Gasteiger partial charge in [-0.15, -0.1) is 0 Å². The number of piperidine rings is 1. The molecular weight excluding hydrogens is 226 g/mol. The smallest absolute Gasteiger partial charge is 0.216 e. The number of nitrogens with one attached hydrogen (secondary N) is 2. The van der Waals surface area contributed by atoms with Gasteiger partial charge in [0, 0.05) is 32.1 Å². The molecule has 0 atom stereocenters. The lowest BCUT2D eigenvalue weighted by Crippen LogP contribution is -2.44. The Hall–Kier alpha value is -0.610. The number of likely N-dealkylation sites (tertiary alicyclic amines) is 1. The van der Waals surface area contributed by atoms with Crippen molar-refractivity contribution in [3.05, 3.63) is 0 Å². The Morgan fingerprint density at radius 1 is 1.28 bits per heavy atom. The molecule has 2 N–H and O–H groups in total. The summed E-state index contributed by atoms with van der Waals surface area (Å²) in [6.07, 6.45) is 2.41. The van der Waals surface area contributed by atoms with Crippen LogP contribution in [0.4, 0.5) is 0 Å².